The molecule has 1 aromatic carbocycles. The first-order valence-corrected chi connectivity index (χ1v) is 7.10. The number of rotatable bonds is 8. The predicted molar refractivity (Wildman–Crippen MR) is 76.1 cm³/mol. The third-order valence-electron chi connectivity index (χ3n) is 3.48. The molecule has 0 radical (unpaired) electrons. The van der Waals surface area contributed by atoms with Gasteiger partial charge in [-0.25, -0.2) is 4.39 Å². The summed E-state index contributed by atoms with van der Waals surface area (Å²) in [5.74, 6) is 0.382. The summed E-state index contributed by atoms with van der Waals surface area (Å²) < 4.78 is 13.2. The van der Waals surface area contributed by atoms with Crippen molar-refractivity contribution in [2.24, 2.45) is 5.92 Å². The van der Waals surface area contributed by atoms with Gasteiger partial charge in [0.1, 0.15) is 5.82 Å². The minimum atomic E-state index is -0.283. The summed E-state index contributed by atoms with van der Waals surface area (Å²) >= 11 is 0. The van der Waals surface area contributed by atoms with Crippen molar-refractivity contribution in [3.63, 3.8) is 0 Å². The summed E-state index contributed by atoms with van der Waals surface area (Å²) in [5, 5.41) is 12.3. The van der Waals surface area contributed by atoms with Crippen molar-refractivity contribution in [1.82, 2.24) is 5.32 Å². The maximum Gasteiger partial charge on any atom is 0.123 e. The average Bonchev–Trinajstić information content (AvgIpc) is 2.43. The van der Waals surface area contributed by atoms with Crippen LogP contribution < -0.4 is 5.32 Å². The van der Waals surface area contributed by atoms with E-state index in [0.717, 1.165) is 18.5 Å². The molecule has 1 rings (SSSR count). The van der Waals surface area contributed by atoms with Crippen molar-refractivity contribution >= 4 is 0 Å². The molecular formula is C16H23FN2. The molecular weight excluding hydrogens is 239 g/mol. The average molecular weight is 262 g/mol. The van der Waals surface area contributed by atoms with Gasteiger partial charge in [0.2, 0.25) is 0 Å². The molecule has 3 heteroatoms. The van der Waals surface area contributed by atoms with E-state index >= 15 is 0 Å². The van der Waals surface area contributed by atoms with Crippen molar-refractivity contribution in [2.75, 3.05) is 6.54 Å². The monoisotopic (exact) mass is 262 g/mol. The maximum absolute atomic E-state index is 13.2. The first-order valence-electron chi connectivity index (χ1n) is 7.10. The summed E-state index contributed by atoms with van der Waals surface area (Å²) in [4.78, 5) is 0. The van der Waals surface area contributed by atoms with Crippen molar-refractivity contribution in [2.45, 2.75) is 46.1 Å². The van der Waals surface area contributed by atoms with Crippen molar-refractivity contribution < 1.29 is 4.39 Å². The van der Waals surface area contributed by atoms with E-state index in [1.807, 2.05) is 0 Å². The van der Waals surface area contributed by atoms with Gasteiger partial charge < -0.3 is 5.32 Å². The third kappa shape index (κ3) is 5.40. The van der Waals surface area contributed by atoms with Crippen LogP contribution in [-0.4, -0.2) is 6.54 Å². The Hall–Kier alpha value is -1.40. The molecule has 2 nitrogen and oxygen atoms in total. The highest BCUT2D eigenvalue weighted by molar-refractivity contribution is 5.37. The molecule has 0 saturated heterocycles. The molecule has 0 aliphatic carbocycles. The SMILES string of the molecule is CCCCC(CC)CNCc1cc(F)ccc1C#N. The molecule has 0 bridgehead atoms. The lowest BCUT2D eigenvalue weighted by Gasteiger charge is -2.15. The smallest absolute Gasteiger partial charge is 0.123 e. The van der Waals surface area contributed by atoms with E-state index in [1.54, 1.807) is 6.07 Å². The summed E-state index contributed by atoms with van der Waals surface area (Å²) in [6, 6.07) is 6.42. The molecule has 0 spiro atoms. The van der Waals surface area contributed by atoms with Gasteiger partial charge in [0, 0.05) is 6.54 Å². The topological polar surface area (TPSA) is 35.8 Å². The van der Waals surface area contributed by atoms with Crippen LogP contribution in [0.25, 0.3) is 0 Å². The van der Waals surface area contributed by atoms with Gasteiger partial charge in [-0.2, -0.15) is 5.26 Å². The van der Waals surface area contributed by atoms with E-state index in [1.165, 1.54) is 31.4 Å². The highest BCUT2D eigenvalue weighted by Gasteiger charge is 2.07. The van der Waals surface area contributed by atoms with Gasteiger partial charge in [0.15, 0.2) is 0 Å². The van der Waals surface area contributed by atoms with E-state index in [2.05, 4.69) is 25.2 Å². The number of hydrogen-bond acceptors (Lipinski definition) is 2. The van der Waals surface area contributed by atoms with Crippen LogP contribution in [0, 0.1) is 23.1 Å². The van der Waals surface area contributed by atoms with Crippen LogP contribution in [0.4, 0.5) is 4.39 Å². The van der Waals surface area contributed by atoms with Crippen molar-refractivity contribution in [3.05, 3.63) is 35.1 Å². The first kappa shape index (κ1) is 15.7. The van der Waals surface area contributed by atoms with Crippen LogP contribution in [0.1, 0.15) is 50.7 Å². The Kier molecular flexibility index (Phi) is 7.14. The number of nitrogens with one attached hydrogen (secondary N) is 1. The molecule has 0 saturated carbocycles. The van der Waals surface area contributed by atoms with Crippen LogP contribution in [0.2, 0.25) is 0 Å². The van der Waals surface area contributed by atoms with E-state index in [9.17, 15) is 4.39 Å². The minimum Gasteiger partial charge on any atom is -0.312 e. The number of nitriles is 1. The van der Waals surface area contributed by atoms with Crippen LogP contribution in [0.3, 0.4) is 0 Å². The molecule has 104 valence electrons. The molecule has 1 aromatic rings. The molecule has 1 unspecified atom stereocenters. The third-order valence-corrected chi connectivity index (χ3v) is 3.48. The highest BCUT2D eigenvalue weighted by atomic mass is 19.1. The minimum absolute atomic E-state index is 0.283. The number of hydrogen-bond donors (Lipinski definition) is 1. The van der Waals surface area contributed by atoms with Crippen molar-refractivity contribution in [1.29, 1.82) is 5.26 Å². The van der Waals surface area contributed by atoms with E-state index in [-0.39, 0.29) is 5.82 Å². The van der Waals surface area contributed by atoms with Crippen LogP contribution in [0.5, 0.6) is 0 Å². The van der Waals surface area contributed by atoms with Crippen molar-refractivity contribution in [3.8, 4) is 6.07 Å². The van der Waals surface area contributed by atoms with E-state index in [4.69, 9.17) is 5.26 Å². The van der Waals surface area contributed by atoms with Crippen LogP contribution >= 0.6 is 0 Å². The fourth-order valence-electron chi connectivity index (χ4n) is 2.17. The van der Waals surface area contributed by atoms with Crippen LogP contribution in [0.15, 0.2) is 18.2 Å². The summed E-state index contributed by atoms with van der Waals surface area (Å²) in [6.45, 7) is 5.89. The standard InChI is InChI=1S/C16H23FN2/c1-3-5-6-13(4-2)11-19-12-15-9-16(17)8-7-14(15)10-18/h7-9,13,19H,3-6,11-12H2,1-2H3. The van der Waals surface area contributed by atoms with Gasteiger partial charge in [-0.15, -0.1) is 0 Å². The van der Waals surface area contributed by atoms with Crippen LogP contribution in [-0.2, 0) is 6.54 Å². The summed E-state index contributed by atoms with van der Waals surface area (Å²) in [7, 11) is 0. The molecule has 0 aliphatic rings. The zero-order valence-electron chi connectivity index (χ0n) is 11.9. The van der Waals surface area contributed by atoms with Gasteiger partial charge in [-0.3, -0.25) is 0 Å². The normalized spacial score (nSPS) is 12.1. The summed E-state index contributed by atoms with van der Waals surface area (Å²) in [5.41, 5.74) is 1.29. The molecule has 0 amide bonds. The Morgan fingerprint density at radius 3 is 2.79 bits per heavy atom. The molecule has 0 fully saturated rings. The Bertz CT molecular complexity index is 423. The Balaban J connectivity index is 2.48. The lowest BCUT2D eigenvalue weighted by atomic mass is 9.99. The van der Waals surface area contributed by atoms with Gasteiger partial charge in [-0.1, -0.05) is 33.1 Å². The van der Waals surface area contributed by atoms with Gasteiger partial charge in [-0.05, 0) is 42.6 Å². The molecule has 19 heavy (non-hydrogen) atoms. The lowest BCUT2D eigenvalue weighted by Crippen LogP contribution is -2.22. The second-order valence-electron chi connectivity index (χ2n) is 4.96. The molecule has 0 aliphatic heterocycles. The van der Waals surface area contributed by atoms with Gasteiger partial charge >= 0.3 is 0 Å². The Morgan fingerprint density at radius 1 is 1.37 bits per heavy atom. The largest absolute Gasteiger partial charge is 0.312 e. The number of nitrogens with zero attached hydrogens (tertiary/aromatic N) is 1. The first-order chi connectivity index (χ1) is 9.21. The quantitative estimate of drug-likeness (QED) is 0.768. The maximum atomic E-state index is 13.2. The Labute approximate surface area is 115 Å². The molecule has 0 heterocycles. The van der Waals surface area contributed by atoms with Gasteiger partial charge in [0.25, 0.3) is 0 Å². The second kappa shape index (κ2) is 8.66. The zero-order valence-corrected chi connectivity index (χ0v) is 11.9. The molecule has 1 N–H and O–H groups in total. The Morgan fingerprint density at radius 2 is 2.16 bits per heavy atom. The van der Waals surface area contributed by atoms with E-state index in [0.29, 0.717) is 18.0 Å². The number of benzene rings is 1. The molecule has 1 atom stereocenters. The summed E-state index contributed by atoms with van der Waals surface area (Å²) in [6.07, 6.45) is 4.86. The van der Waals surface area contributed by atoms with E-state index < -0.39 is 0 Å². The van der Waals surface area contributed by atoms with Gasteiger partial charge in [0.05, 0.1) is 11.6 Å². The fraction of sp³-hybridized carbons (Fsp3) is 0.562. The predicted octanol–water partition coefficient (Wildman–Crippen LogP) is 4.00. The molecule has 0 aromatic heterocycles. The fourth-order valence-corrected chi connectivity index (χ4v) is 2.17. The number of unbranched alkanes of at least 4 members (excludes halogenated alkanes) is 1. The highest BCUT2D eigenvalue weighted by Crippen LogP contribution is 2.13. The number of halogens is 1. The second-order valence-corrected chi connectivity index (χ2v) is 4.96. The zero-order chi connectivity index (χ0) is 14.1. The lowest BCUT2D eigenvalue weighted by molar-refractivity contribution is 0.419.